The Hall–Kier alpha value is -3.34. The molecular formula is C23H16F3NO. The van der Waals surface area contributed by atoms with E-state index in [2.05, 4.69) is 4.99 Å². The van der Waals surface area contributed by atoms with E-state index in [9.17, 15) is 13.2 Å². The van der Waals surface area contributed by atoms with Crippen LogP contribution in [0.5, 0.6) is 0 Å². The van der Waals surface area contributed by atoms with Crippen molar-refractivity contribution in [2.75, 3.05) is 6.61 Å². The van der Waals surface area contributed by atoms with Gasteiger partial charge < -0.3 is 4.74 Å². The molecule has 3 aromatic rings. The largest absolute Gasteiger partial charge is 0.480 e. The minimum absolute atomic E-state index is 0.188. The lowest BCUT2D eigenvalue weighted by Gasteiger charge is -2.23. The standard InChI is InChI=1S/C23H16F3NO/c24-18-11-9-16(10-12-18)19(22-20(25)7-4-8-21(22)26)13-23(14-28-15-27-23)17-5-2-1-3-6-17/h1-13,15H,14H2. The Morgan fingerprint density at radius 1 is 0.857 bits per heavy atom. The van der Waals surface area contributed by atoms with Crippen molar-refractivity contribution in [1.82, 2.24) is 0 Å². The molecule has 0 aliphatic carbocycles. The van der Waals surface area contributed by atoms with Gasteiger partial charge in [0.05, 0.1) is 5.56 Å². The van der Waals surface area contributed by atoms with E-state index in [0.717, 1.165) is 5.56 Å². The first-order chi connectivity index (χ1) is 13.6. The molecule has 4 rings (SSSR count). The zero-order valence-electron chi connectivity index (χ0n) is 14.8. The summed E-state index contributed by atoms with van der Waals surface area (Å²) in [6.45, 7) is 0.192. The molecule has 1 aliphatic rings. The highest BCUT2D eigenvalue weighted by Gasteiger charge is 2.35. The van der Waals surface area contributed by atoms with E-state index in [1.54, 1.807) is 6.08 Å². The SMILES string of the molecule is Fc1ccc(C(=CC2(c3ccccc3)COC=N2)c2c(F)cccc2F)cc1. The third-order valence-corrected chi connectivity index (χ3v) is 4.71. The van der Waals surface area contributed by atoms with Crippen LogP contribution in [0.1, 0.15) is 16.7 Å². The summed E-state index contributed by atoms with van der Waals surface area (Å²) in [6, 6.07) is 18.5. The van der Waals surface area contributed by atoms with Gasteiger partial charge in [-0.1, -0.05) is 48.5 Å². The van der Waals surface area contributed by atoms with E-state index in [1.165, 1.54) is 48.9 Å². The van der Waals surface area contributed by atoms with Crippen LogP contribution in [0.4, 0.5) is 13.2 Å². The number of benzene rings is 3. The predicted molar refractivity (Wildman–Crippen MR) is 102 cm³/mol. The van der Waals surface area contributed by atoms with Crippen molar-refractivity contribution >= 4 is 12.0 Å². The van der Waals surface area contributed by atoms with Gasteiger partial charge in [-0.05, 0) is 47.0 Å². The van der Waals surface area contributed by atoms with Crippen LogP contribution >= 0.6 is 0 Å². The predicted octanol–water partition coefficient (Wildman–Crippen LogP) is 5.49. The summed E-state index contributed by atoms with van der Waals surface area (Å²) in [5, 5.41) is 0. The maximum atomic E-state index is 14.6. The quantitative estimate of drug-likeness (QED) is 0.587. The lowest BCUT2D eigenvalue weighted by atomic mass is 9.85. The molecule has 0 N–H and O–H groups in total. The van der Waals surface area contributed by atoms with E-state index in [-0.39, 0.29) is 17.7 Å². The van der Waals surface area contributed by atoms with Crippen molar-refractivity contribution in [2.24, 2.45) is 4.99 Å². The van der Waals surface area contributed by atoms with Crippen LogP contribution in [0.2, 0.25) is 0 Å². The van der Waals surface area contributed by atoms with Gasteiger partial charge in [0, 0.05) is 0 Å². The Bertz CT molecular complexity index is 1020. The van der Waals surface area contributed by atoms with Gasteiger partial charge in [-0.3, -0.25) is 0 Å². The van der Waals surface area contributed by atoms with E-state index in [0.29, 0.717) is 5.56 Å². The highest BCUT2D eigenvalue weighted by atomic mass is 19.1. The van der Waals surface area contributed by atoms with E-state index < -0.39 is 23.0 Å². The van der Waals surface area contributed by atoms with Crippen LogP contribution < -0.4 is 0 Å². The van der Waals surface area contributed by atoms with Gasteiger partial charge in [-0.15, -0.1) is 0 Å². The van der Waals surface area contributed by atoms with Crippen LogP contribution in [0.15, 0.2) is 83.9 Å². The molecule has 5 heteroatoms. The molecule has 1 atom stereocenters. The van der Waals surface area contributed by atoms with Crippen molar-refractivity contribution in [1.29, 1.82) is 0 Å². The van der Waals surface area contributed by atoms with E-state index in [1.807, 2.05) is 30.3 Å². The number of ether oxygens (including phenoxy) is 1. The fraction of sp³-hybridized carbons (Fsp3) is 0.0870. The third kappa shape index (κ3) is 3.31. The van der Waals surface area contributed by atoms with Crippen molar-refractivity contribution in [3.8, 4) is 0 Å². The van der Waals surface area contributed by atoms with Crippen molar-refractivity contribution in [3.63, 3.8) is 0 Å². The van der Waals surface area contributed by atoms with Gasteiger partial charge in [-0.25, -0.2) is 18.2 Å². The van der Waals surface area contributed by atoms with Gasteiger partial charge in [0.25, 0.3) is 0 Å². The molecular weight excluding hydrogens is 363 g/mol. The van der Waals surface area contributed by atoms with Crippen molar-refractivity contribution < 1.29 is 17.9 Å². The summed E-state index contributed by atoms with van der Waals surface area (Å²) in [7, 11) is 0. The summed E-state index contributed by atoms with van der Waals surface area (Å²) in [5.74, 6) is -1.85. The highest BCUT2D eigenvalue weighted by Crippen LogP contribution is 2.37. The molecule has 0 bridgehead atoms. The fourth-order valence-electron chi connectivity index (χ4n) is 3.30. The molecule has 2 nitrogen and oxygen atoms in total. The molecule has 1 unspecified atom stereocenters. The van der Waals surface area contributed by atoms with Crippen LogP contribution in [0.3, 0.4) is 0 Å². The first kappa shape index (κ1) is 18.0. The minimum atomic E-state index is -0.945. The van der Waals surface area contributed by atoms with Crippen LogP contribution in [0, 0.1) is 17.5 Å². The Morgan fingerprint density at radius 2 is 1.54 bits per heavy atom. The number of rotatable bonds is 4. The molecule has 0 spiro atoms. The molecule has 0 radical (unpaired) electrons. The topological polar surface area (TPSA) is 21.6 Å². The Kier molecular flexibility index (Phi) is 4.74. The van der Waals surface area contributed by atoms with Crippen molar-refractivity contribution in [2.45, 2.75) is 5.54 Å². The second-order valence-electron chi connectivity index (χ2n) is 6.50. The molecule has 1 aliphatic heterocycles. The number of hydrogen-bond acceptors (Lipinski definition) is 2. The van der Waals surface area contributed by atoms with Crippen LogP contribution in [-0.4, -0.2) is 13.0 Å². The Morgan fingerprint density at radius 3 is 2.14 bits per heavy atom. The maximum Gasteiger partial charge on any atom is 0.170 e. The first-order valence-corrected chi connectivity index (χ1v) is 8.73. The average Bonchev–Trinajstić information content (AvgIpc) is 3.18. The van der Waals surface area contributed by atoms with Crippen molar-refractivity contribution in [3.05, 3.63) is 113 Å². The molecule has 0 fully saturated rings. The summed E-state index contributed by atoms with van der Waals surface area (Å²) in [5.41, 5.74) is 0.441. The number of nitrogens with zero attached hydrogens (tertiary/aromatic N) is 1. The molecule has 140 valence electrons. The van der Waals surface area contributed by atoms with Gasteiger partial charge in [-0.2, -0.15) is 0 Å². The zero-order chi connectivity index (χ0) is 19.6. The average molecular weight is 379 g/mol. The summed E-state index contributed by atoms with van der Waals surface area (Å²) >= 11 is 0. The first-order valence-electron chi connectivity index (χ1n) is 8.73. The monoisotopic (exact) mass is 379 g/mol. The zero-order valence-corrected chi connectivity index (χ0v) is 14.8. The molecule has 0 aromatic heterocycles. The van der Waals surface area contributed by atoms with Crippen LogP contribution in [0.25, 0.3) is 5.57 Å². The number of halogens is 3. The van der Waals surface area contributed by atoms with Gasteiger partial charge in [0.1, 0.15) is 29.6 Å². The summed E-state index contributed by atoms with van der Waals surface area (Å²) in [4.78, 5) is 4.46. The van der Waals surface area contributed by atoms with Gasteiger partial charge >= 0.3 is 0 Å². The lowest BCUT2D eigenvalue weighted by molar-refractivity contribution is 0.295. The molecule has 1 heterocycles. The molecule has 0 saturated carbocycles. The smallest absolute Gasteiger partial charge is 0.170 e. The molecule has 0 amide bonds. The van der Waals surface area contributed by atoms with Gasteiger partial charge in [0.2, 0.25) is 0 Å². The minimum Gasteiger partial charge on any atom is -0.480 e. The highest BCUT2D eigenvalue weighted by molar-refractivity contribution is 5.82. The Labute approximate surface area is 160 Å². The van der Waals surface area contributed by atoms with E-state index in [4.69, 9.17) is 4.74 Å². The molecule has 3 aromatic carbocycles. The number of hydrogen-bond donors (Lipinski definition) is 0. The van der Waals surface area contributed by atoms with E-state index >= 15 is 0 Å². The summed E-state index contributed by atoms with van der Waals surface area (Å²) in [6.07, 6.45) is 3.02. The third-order valence-electron chi connectivity index (χ3n) is 4.71. The Balaban J connectivity index is 1.97. The lowest BCUT2D eigenvalue weighted by Crippen LogP contribution is -2.23. The fourth-order valence-corrected chi connectivity index (χ4v) is 3.30. The second kappa shape index (κ2) is 7.35. The number of aliphatic imine (C=N–C) groups is 1. The van der Waals surface area contributed by atoms with Gasteiger partial charge in [0.15, 0.2) is 6.40 Å². The second-order valence-corrected chi connectivity index (χ2v) is 6.50. The van der Waals surface area contributed by atoms with Crippen LogP contribution in [-0.2, 0) is 10.3 Å². The molecule has 0 saturated heterocycles. The molecule has 28 heavy (non-hydrogen) atoms. The maximum absolute atomic E-state index is 14.6. The summed E-state index contributed by atoms with van der Waals surface area (Å²) < 4.78 is 48.1. The normalized spacial score (nSPS) is 18.9.